The topological polar surface area (TPSA) is 83.8 Å². The highest BCUT2D eigenvalue weighted by atomic mass is 16.5. The molecule has 2 aromatic carbocycles. The van der Waals surface area contributed by atoms with Gasteiger partial charge < -0.3 is 14.9 Å². The molecule has 0 spiro atoms. The molecule has 2 rings (SSSR count). The fraction of sp³-hybridized carbons (Fsp3) is 0. The first-order valence-electron chi connectivity index (χ1n) is 6.73. The highest BCUT2D eigenvalue weighted by Gasteiger charge is 2.00. The summed E-state index contributed by atoms with van der Waals surface area (Å²) in [7, 11) is 0. The molecule has 5 nitrogen and oxygen atoms in total. The van der Waals surface area contributed by atoms with Crippen molar-refractivity contribution >= 4 is 24.1 Å². The smallest absolute Gasteiger partial charge is 0.336 e. The number of carbonyl (C=O) groups excluding carboxylic acids is 1. The zero-order valence-corrected chi connectivity index (χ0v) is 12.0. The van der Waals surface area contributed by atoms with Crippen molar-refractivity contribution in [3.63, 3.8) is 0 Å². The molecule has 0 unspecified atom stereocenters. The summed E-state index contributed by atoms with van der Waals surface area (Å²) in [6.45, 7) is 0. The molecule has 0 aromatic heterocycles. The van der Waals surface area contributed by atoms with E-state index in [1.54, 1.807) is 42.5 Å². The average Bonchev–Trinajstić information content (AvgIpc) is 2.53. The number of hydrogen-bond donors (Lipinski definition) is 2. The van der Waals surface area contributed by atoms with Crippen LogP contribution in [-0.4, -0.2) is 22.2 Å². The third-order valence-corrected chi connectivity index (χ3v) is 2.82. The van der Waals surface area contributed by atoms with E-state index in [0.29, 0.717) is 11.3 Å². The van der Waals surface area contributed by atoms with Crippen molar-refractivity contribution in [1.29, 1.82) is 0 Å². The Morgan fingerprint density at radius 3 is 1.91 bits per heavy atom. The number of carboxylic acid groups (broad SMARTS) is 1. The Bertz CT molecular complexity index is 740. The molecule has 0 aliphatic carbocycles. The minimum Gasteiger partial charge on any atom is -0.508 e. The molecular formula is C18H14O5. The molecule has 2 N–H and O–H groups in total. The first kappa shape index (κ1) is 16.0. The number of phenols is 1. The summed E-state index contributed by atoms with van der Waals surface area (Å²) in [4.78, 5) is 22.1. The van der Waals surface area contributed by atoms with Gasteiger partial charge in [-0.05, 0) is 47.5 Å². The monoisotopic (exact) mass is 310 g/mol. The van der Waals surface area contributed by atoms with E-state index in [1.165, 1.54) is 24.3 Å². The van der Waals surface area contributed by atoms with Gasteiger partial charge in [-0.3, -0.25) is 0 Å². The van der Waals surface area contributed by atoms with Crippen LogP contribution in [0.3, 0.4) is 0 Å². The van der Waals surface area contributed by atoms with Crippen LogP contribution in [0.5, 0.6) is 11.5 Å². The third-order valence-electron chi connectivity index (χ3n) is 2.82. The molecule has 0 fully saturated rings. The van der Waals surface area contributed by atoms with Gasteiger partial charge in [-0.25, -0.2) is 9.59 Å². The largest absolute Gasteiger partial charge is 0.508 e. The molecule has 0 aliphatic rings. The van der Waals surface area contributed by atoms with Crippen LogP contribution < -0.4 is 4.74 Å². The first-order chi connectivity index (χ1) is 11.0. The van der Waals surface area contributed by atoms with Gasteiger partial charge in [0.05, 0.1) is 0 Å². The van der Waals surface area contributed by atoms with Crippen LogP contribution in [0, 0.1) is 0 Å². The van der Waals surface area contributed by atoms with Crippen molar-refractivity contribution in [3.05, 3.63) is 71.8 Å². The summed E-state index contributed by atoms with van der Waals surface area (Å²) in [5.74, 6) is -1.05. The van der Waals surface area contributed by atoms with Crippen LogP contribution in [0.15, 0.2) is 60.7 Å². The minimum atomic E-state index is -1.03. The summed E-state index contributed by atoms with van der Waals surface area (Å²) in [5.41, 5.74) is 1.45. The molecule has 0 radical (unpaired) electrons. The van der Waals surface area contributed by atoms with Gasteiger partial charge in [0.15, 0.2) is 0 Å². The van der Waals surface area contributed by atoms with E-state index in [-0.39, 0.29) is 5.75 Å². The molecule has 0 atom stereocenters. The molecule has 0 saturated carbocycles. The van der Waals surface area contributed by atoms with Gasteiger partial charge in [0.2, 0.25) is 0 Å². The molecule has 2 aromatic rings. The molecule has 5 heteroatoms. The van der Waals surface area contributed by atoms with Crippen LogP contribution in [0.25, 0.3) is 12.2 Å². The highest BCUT2D eigenvalue weighted by molar-refractivity contribution is 5.89. The van der Waals surface area contributed by atoms with E-state index < -0.39 is 11.9 Å². The average molecular weight is 310 g/mol. The Morgan fingerprint density at radius 1 is 0.826 bits per heavy atom. The van der Waals surface area contributed by atoms with Crippen LogP contribution in [0.1, 0.15) is 11.1 Å². The quantitative estimate of drug-likeness (QED) is 0.503. The standard InChI is InChI=1S/C18H14O5/c19-15-7-1-13(2-8-15)6-12-18(22)23-16-9-3-14(4-10-16)5-11-17(20)21/h1-12,19H,(H,20,21). The zero-order chi connectivity index (χ0) is 16.7. The number of aliphatic carboxylic acids is 1. The lowest BCUT2D eigenvalue weighted by Crippen LogP contribution is -2.03. The fourth-order valence-electron chi connectivity index (χ4n) is 1.71. The number of aromatic hydroxyl groups is 1. The number of esters is 1. The molecular weight excluding hydrogens is 296 g/mol. The van der Waals surface area contributed by atoms with Crippen LogP contribution in [-0.2, 0) is 9.59 Å². The fourth-order valence-corrected chi connectivity index (χ4v) is 1.71. The van der Waals surface area contributed by atoms with Crippen molar-refractivity contribution in [2.75, 3.05) is 0 Å². The van der Waals surface area contributed by atoms with E-state index in [4.69, 9.17) is 14.9 Å². The lowest BCUT2D eigenvalue weighted by atomic mass is 10.2. The Hall–Kier alpha value is -3.34. The van der Waals surface area contributed by atoms with E-state index >= 15 is 0 Å². The Kier molecular flexibility index (Phi) is 5.30. The van der Waals surface area contributed by atoms with E-state index in [9.17, 15) is 9.59 Å². The second-order valence-corrected chi connectivity index (χ2v) is 4.59. The minimum absolute atomic E-state index is 0.154. The van der Waals surface area contributed by atoms with Crippen molar-refractivity contribution in [2.24, 2.45) is 0 Å². The number of carbonyl (C=O) groups is 2. The van der Waals surface area contributed by atoms with Gasteiger partial charge in [-0.15, -0.1) is 0 Å². The van der Waals surface area contributed by atoms with Crippen molar-refractivity contribution in [2.45, 2.75) is 0 Å². The molecule has 0 bridgehead atoms. The number of ether oxygens (including phenoxy) is 1. The maximum Gasteiger partial charge on any atom is 0.336 e. The summed E-state index contributed by atoms with van der Waals surface area (Å²) in [5, 5.41) is 17.7. The predicted octanol–water partition coefficient (Wildman–Crippen LogP) is 3.11. The van der Waals surface area contributed by atoms with Gasteiger partial charge in [-0.1, -0.05) is 24.3 Å². The van der Waals surface area contributed by atoms with Gasteiger partial charge in [0.1, 0.15) is 11.5 Å². The molecule has 0 saturated heterocycles. The Morgan fingerprint density at radius 2 is 1.35 bits per heavy atom. The van der Waals surface area contributed by atoms with E-state index in [2.05, 4.69) is 0 Å². The predicted molar refractivity (Wildman–Crippen MR) is 85.9 cm³/mol. The van der Waals surface area contributed by atoms with Gasteiger partial charge in [0.25, 0.3) is 0 Å². The van der Waals surface area contributed by atoms with Crippen molar-refractivity contribution < 1.29 is 24.5 Å². The summed E-state index contributed by atoms with van der Waals surface area (Å²) in [6.07, 6.45) is 5.33. The van der Waals surface area contributed by atoms with Gasteiger partial charge in [-0.2, -0.15) is 0 Å². The zero-order valence-electron chi connectivity index (χ0n) is 12.0. The number of phenolic OH excluding ortho intramolecular Hbond substituents is 1. The number of hydrogen-bond acceptors (Lipinski definition) is 4. The molecule has 0 heterocycles. The second kappa shape index (κ2) is 7.61. The Balaban J connectivity index is 1.94. The normalized spacial score (nSPS) is 11.0. The number of benzene rings is 2. The van der Waals surface area contributed by atoms with E-state index in [0.717, 1.165) is 11.6 Å². The lowest BCUT2D eigenvalue weighted by molar-refractivity contribution is -0.131. The SMILES string of the molecule is O=C(O)C=Cc1ccc(OC(=O)C=Cc2ccc(O)cc2)cc1. The molecule has 23 heavy (non-hydrogen) atoms. The maximum absolute atomic E-state index is 11.7. The maximum atomic E-state index is 11.7. The lowest BCUT2D eigenvalue weighted by Gasteiger charge is -2.01. The van der Waals surface area contributed by atoms with Crippen molar-refractivity contribution in [1.82, 2.24) is 0 Å². The second-order valence-electron chi connectivity index (χ2n) is 4.59. The van der Waals surface area contributed by atoms with Gasteiger partial charge in [0, 0.05) is 12.2 Å². The number of carboxylic acids is 1. The summed E-state index contributed by atoms with van der Waals surface area (Å²) < 4.78 is 5.12. The first-order valence-corrected chi connectivity index (χ1v) is 6.73. The molecule has 0 aliphatic heterocycles. The Labute approximate surface area is 132 Å². The molecule has 116 valence electrons. The molecule has 0 amide bonds. The van der Waals surface area contributed by atoms with Crippen molar-refractivity contribution in [3.8, 4) is 11.5 Å². The third kappa shape index (κ3) is 5.51. The highest BCUT2D eigenvalue weighted by Crippen LogP contribution is 2.14. The van der Waals surface area contributed by atoms with Crippen LogP contribution >= 0.6 is 0 Å². The summed E-state index contributed by atoms with van der Waals surface area (Å²) >= 11 is 0. The van der Waals surface area contributed by atoms with Crippen LogP contribution in [0.4, 0.5) is 0 Å². The summed E-state index contributed by atoms with van der Waals surface area (Å²) in [6, 6.07) is 12.8. The van der Waals surface area contributed by atoms with Crippen LogP contribution in [0.2, 0.25) is 0 Å². The van der Waals surface area contributed by atoms with Gasteiger partial charge >= 0.3 is 11.9 Å². The van der Waals surface area contributed by atoms with E-state index in [1.807, 2.05) is 0 Å². The number of rotatable bonds is 5.